The van der Waals surface area contributed by atoms with Gasteiger partial charge < -0.3 is 23.4 Å². The first-order chi connectivity index (χ1) is 14.1. The van der Waals surface area contributed by atoms with Crippen LogP contribution < -0.4 is 0 Å². The van der Waals surface area contributed by atoms with Crippen LogP contribution in [0.4, 0.5) is 5.88 Å². The van der Waals surface area contributed by atoms with Gasteiger partial charge >= 0.3 is 5.88 Å². The molecule has 2 aromatic rings. The summed E-state index contributed by atoms with van der Waals surface area (Å²) in [6.07, 6.45) is 8.10. The van der Waals surface area contributed by atoms with Gasteiger partial charge in [0.25, 0.3) is 0 Å². The largest absolute Gasteiger partial charge is 0.433 e. The first-order valence-electron chi connectivity index (χ1n) is 9.37. The van der Waals surface area contributed by atoms with Gasteiger partial charge in [-0.2, -0.15) is 0 Å². The van der Waals surface area contributed by atoms with Gasteiger partial charge in [-0.3, -0.25) is 14.9 Å². The van der Waals surface area contributed by atoms with E-state index in [-0.39, 0.29) is 23.5 Å². The van der Waals surface area contributed by atoms with Crippen molar-refractivity contribution in [1.29, 1.82) is 0 Å². The van der Waals surface area contributed by atoms with Gasteiger partial charge in [-0.1, -0.05) is 0 Å². The standard InChI is InChI=1S/C19H24N4O6/c1-27-12-13-28-14-22-11-8-20-19(22)15-6-9-21(10-7-15)17(24)4-2-16-3-5-18(29-16)23(25)26/h2-5,8,11,15H,6-7,9-10,12-14H2,1H3. The molecule has 1 fully saturated rings. The minimum absolute atomic E-state index is 0.145. The monoisotopic (exact) mass is 404 g/mol. The first kappa shape index (κ1) is 20.7. The van der Waals surface area contributed by atoms with Crippen LogP contribution >= 0.6 is 0 Å². The number of amides is 1. The van der Waals surface area contributed by atoms with Crippen molar-refractivity contribution < 1.29 is 23.6 Å². The zero-order chi connectivity index (χ0) is 20.6. The minimum atomic E-state index is -0.615. The minimum Gasteiger partial charge on any atom is -0.401 e. The van der Waals surface area contributed by atoms with Crippen LogP contribution in [-0.4, -0.2) is 58.7 Å². The highest BCUT2D eigenvalue weighted by Crippen LogP contribution is 2.27. The third kappa shape index (κ3) is 5.52. The molecule has 0 radical (unpaired) electrons. The molecule has 0 aliphatic carbocycles. The highest BCUT2D eigenvalue weighted by atomic mass is 16.6. The molecule has 29 heavy (non-hydrogen) atoms. The summed E-state index contributed by atoms with van der Waals surface area (Å²) >= 11 is 0. The summed E-state index contributed by atoms with van der Waals surface area (Å²) in [6.45, 7) is 2.72. The average Bonchev–Trinajstić information content (AvgIpc) is 3.39. The number of likely N-dealkylation sites (tertiary alicyclic amines) is 1. The predicted molar refractivity (Wildman–Crippen MR) is 103 cm³/mol. The highest BCUT2D eigenvalue weighted by Gasteiger charge is 2.25. The smallest absolute Gasteiger partial charge is 0.401 e. The van der Waals surface area contributed by atoms with Crippen LogP contribution in [0.2, 0.25) is 0 Å². The maximum absolute atomic E-state index is 12.4. The van der Waals surface area contributed by atoms with E-state index in [1.165, 1.54) is 24.3 Å². The number of imidazole rings is 1. The molecule has 0 unspecified atom stereocenters. The van der Waals surface area contributed by atoms with E-state index < -0.39 is 4.92 Å². The zero-order valence-electron chi connectivity index (χ0n) is 16.2. The van der Waals surface area contributed by atoms with Crippen LogP contribution in [0.1, 0.15) is 30.3 Å². The Morgan fingerprint density at radius 2 is 2.17 bits per heavy atom. The van der Waals surface area contributed by atoms with Crippen LogP contribution in [0.15, 0.2) is 35.0 Å². The fraction of sp³-hybridized carbons (Fsp3) is 0.474. The third-order valence-corrected chi connectivity index (χ3v) is 4.76. The van der Waals surface area contributed by atoms with E-state index in [0.29, 0.717) is 33.0 Å². The molecule has 1 amide bonds. The molecular formula is C19H24N4O6. The van der Waals surface area contributed by atoms with Gasteiger partial charge in [0.15, 0.2) is 0 Å². The van der Waals surface area contributed by atoms with Crippen molar-refractivity contribution in [3.63, 3.8) is 0 Å². The molecule has 3 heterocycles. The molecule has 1 aliphatic heterocycles. The molecule has 10 nitrogen and oxygen atoms in total. The number of hydrogen-bond donors (Lipinski definition) is 0. The van der Waals surface area contributed by atoms with Crippen molar-refractivity contribution in [3.8, 4) is 0 Å². The van der Waals surface area contributed by atoms with Gasteiger partial charge in [0.2, 0.25) is 5.91 Å². The number of nitro groups is 1. The fourth-order valence-corrected chi connectivity index (χ4v) is 3.24. The molecule has 0 bridgehead atoms. The number of hydrogen-bond acceptors (Lipinski definition) is 7. The highest BCUT2D eigenvalue weighted by molar-refractivity contribution is 5.91. The summed E-state index contributed by atoms with van der Waals surface area (Å²) in [4.78, 5) is 28.6. The van der Waals surface area contributed by atoms with Crippen molar-refractivity contribution in [2.75, 3.05) is 33.4 Å². The lowest BCUT2D eigenvalue weighted by atomic mass is 9.96. The molecule has 0 aromatic carbocycles. The van der Waals surface area contributed by atoms with Crippen LogP contribution in [0.5, 0.6) is 0 Å². The lowest BCUT2D eigenvalue weighted by Gasteiger charge is -2.31. The Bertz CT molecular complexity index is 851. The van der Waals surface area contributed by atoms with Gasteiger partial charge in [0, 0.05) is 44.6 Å². The van der Waals surface area contributed by atoms with Crippen molar-refractivity contribution in [2.45, 2.75) is 25.5 Å². The van der Waals surface area contributed by atoms with Crippen molar-refractivity contribution in [3.05, 3.63) is 52.3 Å². The summed E-state index contributed by atoms with van der Waals surface area (Å²) in [5.74, 6) is 1.01. The van der Waals surface area contributed by atoms with E-state index in [0.717, 1.165) is 18.7 Å². The van der Waals surface area contributed by atoms with E-state index in [9.17, 15) is 14.9 Å². The van der Waals surface area contributed by atoms with E-state index in [1.54, 1.807) is 18.2 Å². The lowest BCUT2D eigenvalue weighted by molar-refractivity contribution is -0.402. The summed E-state index contributed by atoms with van der Waals surface area (Å²) in [7, 11) is 1.63. The summed E-state index contributed by atoms with van der Waals surface area (Å²) < 4.78 is 17.6. The number of ether oxygens (including phenoxy) is 2. The average molecular weight is 404 g/mol. The fourth-order valence-electron chi connectivity index (χ4n) is 3.24. The van der Waals surface area contributed by atoms with Crippen LogP contribution in [0.3, 0.4) is 0 Å². The van der Waals surface area contributed by atoms with Crippen molar-refractivity contribution in [1.82, 2.24) is 14.5 Å². The molecular weight excluding hydrogens is 380 g/mol. The number of furan rings is 1. The SMILES string of the molecule is COCCOCn1ccnc1C1CCN(C(=O)C=Cc2ccc([N+](=O)[O-])o2)CC1. The Balaban J connectivity index is 1.50. The number of nitrogens with zero attached hydrogens (tertiary/aromatic N) is 4. The second-order valence-electron chi connectivity index (χ2n) is 6.65. The third-order valence-electron chi connectivity index (χ3n) is 4.76. The first-order valence-corrected chi connectivity index (χ1v) is 9.37. The number of rotatable bonds is 9. The Labute approximate surface area is 167 Å². The molecule has 0 N–H and O–H groups in total. The molecule has 0 spiro atoms. The molecule has 0 atom stereocenters. The quantitative estimate of drug-likeness (QED) is 0.273. The van der Waals surface area contributed by atoms with Gasteiger partial charge in [0.05, 0.1) is 19.3 Å². The molecule has 3 rings (SSSR count). The predicted octanol–water partition coefficient (Wildman–Crippen LogP) is 2.42. The Morgan fingerprint density at radius 1 is 1.38 bits per heavy atom. The van der Waals surface area contributed by atoms with Gasteiger partial charge in [-0.15, -0.1) is 0 Å². The molecule has 2 aromatic heterocycles. The Morgan fingerprint density at radius 3 is 2.86 bits per heavy atom. The molecule has 10 heteroatoms. The Kier molecular flexibility index (Phi) is 7.14. The van der Waals surface area contributed by atoms with Gasteiger partial charge in [-0.05, 0) is 25.0 Å². The van der Waals surface area contributed by atoms with E-state index in [4.69, 9.17) is 13.9 Å². The summed E-state index contributed by atoms with van der Waals surface area (Å²) in [5.41, 5.74) is 0. The Hall–Kier alpha value is -2.98. The molecule has 0 saturated carbocycles. The number of carbonyl (C=O) groups excluding carboxylic acids is 1. The number of aromatic nitrogens is 2. The topological polar surface area (TPSA) is 113 Å². The molecule has 1 saturated heterocycles. The van der Waals surface area contributed by atoms with Crippen molar-refractivity contribution >= 4 is 17.9 Å². The lowest BCUT2D eigenvalue weighted by Crippen LogP contribution is -2.37. The second kappa shape index (κ2) is 9.99. The van der Waals surface area contributed by atoms with Crippen LogP contribution in [0.25, 0.3) is 6.08 Å². The molecule has 1 aliphatic rings. The van der Waals surface area contributed by atoms with E-state index >= 15 is 0 Å². The maximum Gasteiger partial charge on any atom is 0.433 e. The number of carbonyl (C=O) groups is 1. The number of piperidine rings is 1. The normalized spacial score (nSPS) is 15.3. The number of methoxy groups -OCH3 is 1. The second-order valence-corrected chi connectivity index (χ2v) is 6.65. The zero-order valence-corrected chi connectivity index (χ0v) is 16.2. The van der Waals surface area contributed by atoms with Crippen LogP contribution in [0, 0.1) is 10.1 Å². The van der Waals surface area contributed by atoms with E-state index in [2.05, 4.69) is 4.98 Å². The summed E-state index contributed by atoms with van der Waals surface area (Å²) in [6, 6.07) is 2.72. The van der Waals surface area contributed by atoms with Gasteiger partial charge in [-0.25, -0.2) is 4.98 Å². The summed E-state index contributed by atoms with van der Waals surface area (Å²) in [5, 5.41) is 10.6. The van der Waals surface area contributed by atoms with Gasteiger partial charge in [0.1, 0.15) is 23.2 Å². The van der Waals surface area contributed by atoms with Crippen LogP contribution in [-0.2, 0) is 21.0 Å². The van der Waals surface area contributed by atoms with E-state index in [1.807, 2.05) is 10.8 Å². The molecule has 156 valence electrons. The maximum atomic E-state index is 12.4. The van der Waals surface area contributed by atoms with Crippen molar-refractivity contribution in [2.24, 2.45) is 0 Å².